The first-order chi connectivity index (χ1) is 12.4. The third-order valence-electron chi connectivity index (χ3n) is 5.55. The molecular formula is C20H26N2O4. The molecule has 1 saturated heterocycles. The van der Waals surface area contributed by atoms with E-state index in [1.165, 1.54) is 4.90 Å². The fourth-order valence-corrected chi connectivity index (χ4v) is 4.49. The summed E-state index contributed by atoms with van der Waals surface area (Å²) < 4.78 is 0. The van der Waals surface area contributed by atoms with E-state index in [-0.39, 0.29) is 30.3 Å². The Bertz CT molecular complexity index is 710. The van der Waals surface area contributed by atoms with Crippen LogP contribution < -0.4 is 5.32 Å². The lowest BCUT2D eigenvalue weighted by Gasteiger charge is -2.33. The average molecular weight is 358 g/mol. The quantitative estimate of drug-likeness (QED) is 0.864. The maximum atomic E-state index is 12.7. The summed E-state index contributed by atoms with van der Waals surface area (Å²) in [5.41, 5.74) is 2.48. The number of carbonyl (C=O) groups excluding carboxylic acids is 2. The molecule has 1 saturated carbocycles. The number of carboxylic acid groups (broad SMARTS) is 1. The van der Waals surface area contributed by atoms with Crippen LogP contribution in [0.25, 0.3) is 0 Å². The summed E-state index contributed by atoms with van der Waals surface area (Å²) in [6.45, 7) is 3.67. The van der Waals surface area contributed by atoms with Crippen LogP contribution in [0.1, 0.15) is 53.6 Å². The van der Waals surface area contributed by atoms with Crippen LogP contribution in [-0.2, 0) is 9.59 Å². The highest BCUT2D eigenvalue weighted by atomic mass is 16.4. The molecule has 1 aromatic rings. The maximum absolute atomic E-state index is 12.7. The highest BCUT2D eigenvalue weighted by molar-refractivity contribution is 5.97. The van der Waals surface area contributed by atoms with Gasteiger partial charge in [-0.15, -0.1) is 0 Å². The van der Waals surface area contributed by atoms with Crippen molar-refractivity contribution in [3.05, 3.63) is 34.9 Å². The van der Waals surface area contributed by atoms with Gasteiger partial charge in [0.05, 0.1) is 6.54 Å². The summed E-state index contributed by atoms with van der Waals surface area (Å²) in [6.07, 6.45) is 4.47. The van der Waals surface area contributed by atoms with E-state index in [1.54, 1.807) is 12.1 Å². The SMILES string of the molecule is Cc1cc(C)cc(C(=O)NCC(=O)N2C(C(=O)O)CC3CCCCC32)c1. The van der Waals surface area contributed by atoms with Gasteiger partial charge in [-0.1, -0.05) is 30.0 Å². The summed E-state index contributed by atoms with van der Waals surface area (Å²) in [7, 11) is 0. The Labute approximate surface area is 153 Å². The summed E-state index contributed by atoms with van der Waals surface area (Å²) >= 11 is 0. The number of aryl methyl sites for hydroxylation is 2. The number of hydrogen-bond acceptors (Lipinski definition) is 3. The second-order valence-corrected chi connectivity index (χ2v) is 7.56. The number of aliphatic carboxylic acids is 1. The van der Waals surface area contributed by atoms with Crippen LogP contribution in [-0.4, -0.2) is 46.4 Å². The molecule has 0 radical (unpaired) electrons. The third kappa shape index (κ3) is 3.74. The van der Waals surface area contributed by atoms with E-state index in [1.807, 2.05) is 19.9 Å². The van der Waals surface area contributed by atoms with Crippen molar-refractivity contribution in [2.24, 2.45) is 5.92 Å². The Hall–Kier alpha value is -2.37. The van der Waals surface area contributed by atoms with Crippen molar-refractivity contribution in [1.82, 2.24) is 10.2 Å². The molecule has 140 valence electrons. The number of nitrogens with zero attached hydrogens (tertiary/aromatic N) is 1. The lowest BCUT2D eigenvalue weighted by atomic mass is 9.85. The molecule has 0 bridgehead atoms. The van der Waals surface area contributed by atoms with Crippen LogP contribution in [0.4, 0.5) is 0 Å². The van der Waals surface area contributed by atoms with Gasteiger partial charge in [-0.2, -0.15) is 0 Å². The Kier molecular flexibility index (Phi) is 5.30. The smallest absolute Gasteiger partial charge is 0.326 e. The number of rotatable bonds is 4. The molecule has 1 aliphatic heterocycles. The number of benzene rings is 1. The first-order valence-electron chi connectivity index (χ1n) is 9.27. The van der Waals surface area contributed by atoms with Gasteiger partial charge in [-0.25, -0.2) is 4.79 Å². The van der Waals surface area contributed by atoms with E-state index < -0.39 is 12.0 Å². The molecule has 3 rings (SSSR count). The zero-order chi connectivity index (χ0) is 18.8. The fraction of sp³-hybridized carbons (Fsp3) is 0.550. The summed E-state index contributed by atoms with van der Waals surface area (Å²) in [6, 6.07) is 4.76. The van der Waals surface area contributed by atoms with Gasteiger partial charge in [0.2, 0.25) is 5.91 Å². The van der Waals surface area contributed by atoms with Gasteiger partial charge in [0.15, 0.2) is 0 Å². The topological polar surface area (TPSA) is 86.7 Å². The van der Waals surface area contributed by atoms with Gasteiger partial charge < -0.3 is 15.3 Å². The molecule has 1 aliphatic carbocycles. The lowest BCUT2D eigenvalue weighted by Crippen LogP contribution is -2.50. The Morgan fingerprint density at radius 1 is 1.12 bits per heavy atom. The molecule has 6 nitrogen and oxygen atoms in total. The van der Waals surface area contributed by atoms with E-state index in [9.17, 15) is 19.5 Å². The van der Waals surface area contributed by atoms with Gasteiger partial charge in [0, 0.05) is 11.6 Å². The minimum absolute atomic E-state index is 0.00420. The normalized spacial score (nSPS) is 24.8. The van der Waals surface area contributed by atoms with Crippen LogP contribution >= 0.6 is 0 Å². The van der Waals surface area contributed by atoms with Crippen LogP contribution in [0.5, 0.6) is 0 Å². The Morgan fingerprint density at radius 3 is 2.42 bits per heavy atom. The maximum Gasteiger partial charge on any atom is 0.326 e. The van der Waals surface area contributed by atoms with Crippen molar-refractivity contribution in [3.8, 4) is 0 Å². The number of carboxylic acids is 1. The highest BCUT2D eigenvalue weighted by Crippen LogP contribution is 2.39. The van der Waals surface area contributed by atoms with Gasteiger partial charge in [-0.3, -0.25) is 9.59 Å². The monoisotopic (exact) mass is 358 g/mol. The summed E-state index contributed by atoms with van der Waals surface area (Å²) in [5, 5.41) is 12.2. The minimum Gasteiger partial charge on any atom is -0.480 e. The summed E-state index contributed by atoms with van der Waals surface area (Å²) in [5.74, 6) is -1.29. The third-order valence-corrected chi connectivity index (χ3v) is 5.55. The zero-order valence-corrected chi connectivity index (χ0v) is 15.3. The van der Waals surface area contributed by atoms with Crippen molar-refractivity contribution >= 4 is 17.8 Å². The largest absolute Gasteiger partial charge is 0.480 e. The molecule has 1 heterocycles. The molecule has 1 aromatic carbocycles. The summed E-state index contributed by atoms with van der Waals surface area (Å²) in [4.78, 5) is 38.2. The van der Waals surface area contributed by atoms with Crippen molar-refractivity contribution in [1.29, 1.82) is 0 Å². The van der Waals surface area contributed by atoms with E-state index >= 15 is 0 Å². The van der Waals surface area contributed by atoms with E-state index in [0.717, 1.165) is 36.8 Å². The highest BCUT2D eigenvalue weighted by Gasteiger charge is 2.47. The number of likely N-dealkylation sites (tertiary alicyclic amines) is 1. The molecule has 0 spiro atoms. The predicted octanol–water partition coefficient (Wildman–Crippen LogP) is 2.28. The number of fused-ring (bicyclic) bond motifs is 1. The molecule has 2 fully saturated rings. The standard InChI is InChI=1S/C20H26N2O4/c1-12-7-13(2)9-15(8-12)19(24)21-11-18(23)22-16-6-4-3-5-14(16)10-17(22)20(25)26/h7-9,14,16-17H,3-6,10-11H2,1-2H3,(H,21,24)(H,25,26). The van der Waals surface area contributed by atoms with Gasteiger partial charge in [0.1, 0.15) is 6.04 Å². The second-order valence-electron chi connectivity index (χ2n) is 7.56. The van der Waals surface area contributed by atoms with Gasteiger partial charge in [0.25, 0.3) is 5.91 Å². The molecule has 2 amide bonds. The molecule has 6 heteroatoms. The predicted molar refractivity (Wildman–Crippen MR) is 96.9 cm³/mol. The number of nitrogens with one attached hydrogen (secondary N) is 1. The van der Waals surface area contributed by atoms with Gasteiger partial charge in [-0.05, 0) is 51.2 Å². The molecule has 3 atom stereocenters. The Balaban J connectivity index is 1.68. The Morgan fingerprint density at radius 2 is 1.77 bits per heavy atom. The van der Waals surface area contributed by atoms with Crippen molar-refractivity contribution in [3.63, 3.8) is 0 Å². The molecule has 2 N–H and O–H groups in total. The van der Waals surface area contributed by atoms with E-state index in [4.69, 9.17) is 0 Å². The number of hydrogen-bond donors (Lipinski definition) is 2. The lowest BCUT2D eigenvalue weighted by molar-refractivity contribution is -0.149. The van der Waals surface area contributed by atoms with Crippen LogP contribution in [0.15, 0.2) is 18.2 Å². The first kappa shape index (κ1) is 18.4. The molecular weight excluding hydrogens is 332 g/mol. The van der Waals surface area contributed by atoms with Crippen LogP contribution in [0.3, 0.4) is 0 Å². The van der Waals surface area contributed by atoms with E-state index in [0.29, 0.717) is 12.0 Å². The number of amides is 2. The van der Waals surface area contributed by atoms with Gasteiger partial charge >= 0.3 is 5.97 Å². The van der Waals surface area contributed by atoms with Crippen molar-refractivity contribution in [2.75, 3.05) is 6.54 Å². The number of carbonyl (C=O) groups is 3. The zero-order valence-electron chi connectivity index (χ0n) is 15.3. The minimum atomic E-state index is -0.951. The molecule has 2 aliphatic rings. The van der Waals surface area contributed by atoms with E-state index in [2.05, 4.69) is 5.32 Å². The van der Waals surface area contributed by atoms with Crippen LogP contribution in [0, 0.1) is 19.8 Å². The molecule has 0 aromatic heterocycles. The molecule has 3 unspecified atom stereocenters. The first-order valence-corrected chi connectivity index (χ1v) is 9.27. The molecule has 26 heavy (non-hydrogen) atoms. The van der Waals surface area contributed by atoms with Crippen molar-refractivity contribution < 1.29 is 19.5 Å². The fourth-order valence-electron chi connectivity index (χ4n) is 4.49. The average Bonchev–Trinajstić information content (AvgIpc) is 2.98. The second kappa shape index (κ2) is 7.48. The van der Waals surface area contributed by atoms with Crippen molar-refractivity contribution in [2.45, 2.75) is 58.0 Å². The van der Waals surface area contributed by atoms with Crippen LogP contribution in [0.2, 0.25) is 0 Å².